The van der Waals surface area contributed by atoms with Crippen LogP contribution in [0.2, 0.25) is 0 Å². The lowest BCUT2D eigenvalue weighted by Crippen LogP contribution is -2.14. The molecule has 0 bridgehead atoms. The summed E-state index contributed by atoms with van der Waals surface area (Å²) in [4.78, 5) is 18.8. The number of halogens is 1. The molecule has 11 heteroatoms. The maximum atomic E-state index is 13.0. The molecule has 0 fully saturated rings. The van der Waals surface area contributed by atoms with Crippen LogP contribution < -0.4 is 9.46 Å². The summed E-state index contributed by atoms with van der Waals surface area (Å²) in [5.74, 6) is -1.82. The zero-order chi connectivity index (χ0) is 19.6. The third-order valence-electron chi connectivity index (χ3n) is 3.39. The predicted molar refractivity (Wildman–Crippen MR) is 96.1 cm³/mol. The van der Waals surface area contributed by atoms with Crippen molar-refractivity contribution in [2.45, 2.75) is 4.21 Å². The summed E-state index contributed by atoms with van der Waals surface area (Å²) in [5, 5.41) is 9.37. The van der Waals surface area contributed by atoms with Crippen LogP contribution in [0.25, 0.3) is 10.6 Å². The number of sulfonamides is 1. The minimum absolute atomic E-state index is 0.0400. The molecule has 0 spiro atoms. The fourth-order valence-electron chi connectivity index (χ4n) is 2.08. The molecule has 2 N–H and O–H groups in total. The molecule has 0 saturated heterocycles. The smallest absolute Gasteiger partial charge is 0.337 e. The van der Waals surface area contributed by atoms with Crippen LogP contribution in [0.1, 0.15) is 10.4 Å². The number of hydrogen-bond donors (Lipinski definition) is 2. The summed E-state index contributed by atoms with van der Waals surface area (Å²) in [6, 6.07) is 6.65. The first-order valence-corrected chi connectivity index (χ1v) is 9.62. The number of nitrogens with zero attached hydrogens (tertiary/aromatic N) is 2. The Balaban J connectivity index is 1.89. The number of ether oxygens (including phenoxy) is 1. The molecule has 0 radical (unpaired) electrons. The average Bonchev–Trinajstić information content (AvgIpc) is 3.13. The number of carboxylic acid groups (broad SMARTS) is 1. The van der Waals surface area contributed by atoms with Gasteiger partial charge in [0.15, 0.2) is 15.8 Å². The predicted octanol–water partition coefficient (Wildman–Crippen LogP) is 2.85. The molecule has 0 amide bonds. The molecule has 0 atom stereocenters. The largest absolute Gasteiger partial charge is 0.493 e. The van der Waals surface area contributed by atoms with Crippen LogP contribution in [-0.4, -0.2) is 36.6 Å². The number of rotatable bonds is 6. The summed E-state index contributed by atoms with van der Waals surface area (Å²) in [7, 11) is -2.77. The van der Waals surface area contributed by atoms with Gasteiger partial charge in [-0.2, -0.15) is 0 Å². The van der Waals surface area contributed by atoms with E-state index in [1.807, 2.05) is 0 Å². The van der Waals surface area contributed by atoms with E-state index in [2.05, 4.69) is 14.7 Å². The van der Waals surface area contributed by atoms with Gasteiger partial charge in [0.25, 0.3) is 10.0 Å². The van der Waals surface area contributed by atoms with Crippen molar-refractivity contribution in [3.05, 3.63) is 54.1 Å². The lowest BCUT2D eigenvalue weighted by Gasteiger charge is -2.10. The molecular weight excluding hydrogens is 397 g/mol. The number of aromatic nitrogens is 2. The first kappa shape index (κ1) is 18.7. The normalized spacial score (nSPS) is 11.2. The summed E-state index contributed by atoms with van der Waals surface area (Å²) in [5.41, 5.74) is 0.426. The average molecular weight is 409 g/mol. The molecule has 140 valence electrons. The van der Waals surface area contributed by atoms with Gasteiger partial charge >= 0.3 is 5.97 Å². The Morgan fingerprint density at radius 2 is 1.93 bits per heavy atom. The third kappa shape index (κ3) is 4.04. The molecule has 2 heterocycles. The SMILES string of the molecule is COc1cc(C(=O)O)cnc1NS(=O)(=O)c1cnc(-c2ccc(F)cc2)s1. The van der Waals surface area contributed by atoms with Crippen molar-refractivity contribution in [1.29, 1.82) is 0 Å². The highest BCUT2D eigenvalue weighted by molar-refractivity contribution is 7.94. The van der Waals surface area contributed by atoms with Crippen LogP contribution in [0.4, 0.5) is 10.2 Å². The molecule has 27 heavy (non-hydrogen) atoms. The molecule has 1 aromatic carbocycles. The van der Waals surface area contributed by atoms with Gasteiger partial charge in [0, 0.05) is 17.8 Å². The van der Waals surface area contributed by atoms with E-state index < -0.39 is 21.8 Å². The third-order valence-corrected chi connectivity index (χ3v) is 6.24. The number of anilines is 1. The molecule has 2 aromatic heterocycles. The van der Waals surface area contributed by atoms with Gasteiger partial charge in [0.2, 0.25) is 0 Å². The van der Waals surface area contributed by atoms with Gasteiger partial charge in [-0.15, -0.1) is 11.3 Å². The van der Waals surface area contributed by atoms with Crippen LogP contribution in [0, 0.1) is 5.82 Å². The highest BCUT2D eigenvalue weighted by Crippen LogP contribution is 2.31. The van der Waals surface area contributed by atoms with Gasteiger partial charge in [0.1, 0.15) is 10.8 Å². The zero-order valence-corrected chi connectivity index (χ0v) is 15.3. The fourth-order valence-corrected chi connectivity index (χ4v) is 4.24. The Morgan fingerprint density at radius 3 is 2.56 bits per heavy atom. The molecule has 3 aromatic rings. The minimum Gasteiger partial charge on any atom is -0.493 e. The lowest BCUT2D eigenvalue weighted by atomic mass is 10.2. The van der Waals surface area contributed by atoms with Crippen LogP contribution in [0.3, 0.4) is 0 Å². The van der Waals surface area contributed by atoms with Gasteiger partial charge in [-0.1, -0.05) is 0 Å². The Labute approximate surface area is 157 Å². The Kier molecular flexibility index (Phi) is 5.06. The number of hydrogen-bond acceptors (Lipinski definition) is 7. The summed E-state index contributed by atoms with van der Waals surface area (Å²) in [6.07, 6.45) is 2.18. The molecule has 0 unspecified atom stereocenters. The number of nitrogens with one attached hydrogen (secondary N) is 1. The van der Waals surface area contributed by atoms with Crippen molar-refractivity contribution in [3.63, 3.8) is 0 Å². The van der Waals surface area contributed by atoms with Crippen molar-refractivity contribution < 1.29 is 27.4 Å². The van der Waals surface area contributed by atoms with Crippen LogP contribution in [0.15, 0.2) is 46.9 Å². The molecule has 8 nitrogen and oxygen atoms in total. The van der Waals surface area contributed by atoms with Gasteiger partial charge in [-0.25, -0.2) is 27.6 Å². The Morgan fingerprint density at radius 1 is 1.22 bits per heavy atom. The molecule has 0 saturated carbocycles. The first-order chi connectivity index (χ1) is 12.8. The van der Waals surface area contributed by atoms with Gasteiger partial charge in [-0.05, 0) is 24.3 Å². The second-order valence-electron chi connectivity index (χ2n) is 5.18. The summed E-state index contributed by atoms with van der Waals surface area (Å²) >= 11 is 0.893. The lowest BCUT2D eigenvalue weighted by molar-refractivity contribution is 0.0696. The maximum Gasteiger partial charge on any atom is 0.337 e. The van der Waals surface area contributed by atoms with E-state index in [0.717, 1.165) is 23.6 Å². The van der Waals surface area contributed by atoms with E-state index in [9.17, 15) is 17.6 Å². The van der Waals surface area contributed by atoms with Crippen molar-refractivity contribution in [2.24, 2.45) is 0 Å². The zero-order valence-electron chi connectivity index (χ0n) is 13.7. The van der Waals surface area contributed by atoms with E-state index in [-0.39, 0.29) is 21.3 Å². The van der Waals surface area contributed by atoms with Crippen molar-refractivity contribution in [2.75, 3.05) is 11.8 Å². The number of methoxy groups -OCH3 is 1. The molecule has 0 aliphatic carbocycles. The number of benzene rings is 1. The van der Waals surface area contributed by atoms with Crippen LogP contribution in [0.5, 0.6) is 5.75 Å². The van der Waals surface area contributed by atoms with Gasteiger partial charge in [-0.3, -0.25) is 4.72 Å². The number of carbonyl (C=O) groups is 1. The van der Waals surface area contributed by atoms with Crippen molar-refractivity contribution >= 4 is 33.1 Å². The van der Waals surface area contributed by atoms with Crippen molar-refractivity contribution in [1.82, 2.24) is 9.97 Å². The summed E-state index contributed by atoms with van der Waals surface area (Å²) in [6.45, 7) is 0. The molecule has 0 aliphatic rings. The van der Waals surface area contributed by atoms with Gasteiger partial charge < -0.3 is 9.84 Å². The Bertz CT molecular complexity index is 1100. The molecule has 3 rings (SSSR count). The van der Waals surface area contributed by atoms with E-state index in [1.54, 1.807) is 0 Å². The van der Waals surface area contributed by atoms with E-state index in [1.165, 1.54) is 37.6 Å². The summed E-state index contributed by atoms with van der Waals surface area (Å²) < 4.78 is 45.3. The topological polar surface area (TPSA) is 118 Å². The number of thiazole rings is 1. The maximum absolute atomic E-state index is 13.0. The standard InChI is InChI=1S/C16H12FN3O5S2/c1-25-12-6-10(16(21)22)7-18-14(12)20-27(23,24)13-8-19-15(26-13)9-2-4-11(17)5-3-9/h2-8H,1H3,(H,18,20)(H,21,22). The van der Waals surface area contributed by atoms with Gasteiger partial charge in [0.05, 0.1) is 18.9 Å². The van der Waals surface area contributed by atoms with Crippen LogP contribution >= 0.6 is 11.3 Å². The van der Waals surface area contributed by atoms with E-state index in [0.29, 0.717) is 10.6 Å². The van der Waals surface area contributed by atoms with Crippen LogP contribution in [-0.2, 0) is 10.0 Å². The molecule has 0 aliphatic heterocycles. The highest BCUT2D eigenvalue weighted by atomic mass is 32.2. The number of aromatic carboxylic acids is 1. The number of pyridine rings is 1. The quantitative estimate of drug-likeness (QED) is 0.642. The second-order valence-corrected chi connectivity index (χ2v) is 8.12. The van der Waals surface area contributed by atoms with E-state index in [4.69, 9.17) is 9.84 Å². The first-order valence-electron chi connectivity index (χ1n) is 7.32. The number of carboxylic acids is 1. The fraction of sp³-hybridized carbons (Fsp3) is 0.0625. The monoisotopic (exact) mass is 409 g/mol. The van der Waals surface area contributed by atoms with E-state index >= 15 is 0 Å². The Hall–Kier alpha value is -3.05. The minimum atomic E-state index is -4.03. The van der Waals surface area contributed by atoms with Crippen molar-refractivity contribution in [3.8, 4) is 16.3 Å². The highest BCUT2D eigenvalue weighted by Gasteiger charge is 2.22. The molecular formula is C16H12FN3O5S2. The second kappa shape index (κ2) is 7.29.